The number of ether oxygens (including phenoxy) is 1. The first-order chi connectivity index (χ1) is 14.2. The number of amides is 1. The smallest absolute Gasteiger partial charge is 0.418 e. The van der Waals surface area contributed by atoms with Crippen LogP contribution in [0.4, 0.5) is 13.2 Å². The van der Waals surface area contributed by atoms with Crippen molar-refractivity contribution in [3.63, 3.8) is 0 Å². The van der Waals surface area contributed by atoms with Crippen LogP contribution in [0.15, 0.2) is 51.0 Å². The zero-order valence-corrected chi connectivity index (χ0v) is 15.4. The molecule has 30 heavy (non-hydrogen) atoms. The lowest BCUT2D eigenvalue weighted by Crippen LogP contribution is -2.25. The Balaban J connectivity index is 1.76. The molecule has 2 aromatic heterocycles. The summed E-state index contributed by atoms with van der Waals surface area (Å²) in [6.45, 7) is 1.18. The Morgan fingerprint density at radius 1 is 1.33 bits per heavy atom. The van der Waals surface area contributed by atoms with Crippen molar-refractivity contribution < 1.29 is 31.9 Å². The normalized spacial score (nSPS) is 11.7. The average molecular weight is 421 g/mol. The number of nitrogens with one attached hydrogen (secondary N) is 2. The molecule has 11 heteroatoms. The maximum absolute atomic E-state index is 13.1. The second kappa shape index (κ2) is 8.23. The van der Waals surface area contributed by atoms with Crippen LogP contribution in [0.5, 0.6) is 0 Å². The van der Waals surface area contributed by atoms with E-state index in [1.807, 2.05) is 0 Å². The van der Waals surface area contributed by atoms with Gasteiger partial charge in [-0.15, -0.1) is 0 Å². The number of aromatic nitrogens is 1. The van der Waals surface area contributed by atoms with Gasteiger partial charge in [0.05, 0.1) is 23.6 Å². The molecular weight excluding hydrogens is 407 g/mol. The lowest BCUT2D eigenvalue weighted by molar-refractivity contribution is -0.142. The first kappa shape index (κ1) is 20.8. The van der Waals surface area contributed by atoms with E-state index in [0.29, 0.717) is 11.3 Å². The van der Waals surface area contributed by atoms with E-state index < -0.39 is 40.1 Å². The molecule has 1 amide bonds. The third-order valence-corrected chi connectivity index (χ3v) is 3.94. The number of furan rings is 1. The molecule has 3 rings (SSSR count). The van der Waals surface area contributed by atoms with Crippen molar-refractivity contribution in [2.45, 2.75) is 19.7 Å². The van der Waals surface area contributed by atoms with Crippen LogP contribution in [0.3, 0.4) is 0 Å². The highest BCUT2D eigenvalue weighted by Crippen LogP contribution is 2.32. The van der Waals surface area contributed by atoms with Gasteiger partial charge < -0.3 is 14.1 Å². The minimum absolute atomic E-state index is 0.0675. The van der Waals surface area contributed by atoms with Crippen LogP contribution >= 0.6 is 0 Å². The summed E-state index contributed by atoms with van der Waals surface area (Å²) < 4.78 is 49.1. The number of carbonyl (C=O) groups is 2. The van der Waals surface area contributed by atoms with Crippen molar-refractivity contribution in [3.8, 4) is 0 Å². The van der Waals surface area contributed by atoms with E-state index in [1.165, 1.54) is 31.5 Å². The molecule has 0 unspecified atom stereocenters. The van der Waals surface area contributed by atoms with Gasteiger partial charge in [-0.1, -0.05) is 6.07 Å². The highest BCUT2D eigenvalue weighted by Gasteiger charge is 2.33. The van der Waals surface area contributed by atoms with Gasteiger partial charge in [0.2, 0.25) is 5.43 Å². The molecule has 0 atom stereocenters. The minimum Gasteiger partial charge on any atom is -0.465 e. The van der Waals surface area contributed by atoms with E-state index in [4.69, 9.17) is 9.15 Å². The predicted octanol–water partition coefficient (Wildman–Crippen LogP) is 2.97. The van der Waals surface area contributed by atoms with Crippen LogP contribution in [0.2, 0.25) is 0 Å². The largest absolute Gasteiger partial charge is 0.465 e. The van der Waals surface area contributed by atoms with Gasteiger partial charge in [-0.3, -0.25) is 14.4 Å². The second-order valence-electron chi connectivity index (χ2n) is 6.08. The number of hydrogen-bond acceptors (Lipinski definition) is 6. The molecule has 0 fully saturated rings. The minimum atomic E-state index is -4.66. The average Bonchev–Trinajstić information content (AvgIpc) is 3.13. The number of carbonyl (C=O) groups excluding carboxylic acids is 2. The van der Waals surface area contributed by atoms with Gasteiger partial charge in [0.25, 0.3) is 5.91 Å². The molecule has 156 valence electrons. The molecule has 0 aliphatic heterocycles. The van der Waals surface area contributed by atoms with Crippen LogP contribution in [-0.2, 0) is 22.3 Å². The van der Waals surface area contributed by atoms with Gasteiger partial charge in [-0.2, -0.15) is 18.3 Å². The van der Waals surface area contributed by atoms with Crippen LogP contribution in [0.25, 0.3) is 10.9 Å². The second-order valence-corrected chi connectivity index (χ2v) is 6.08. The number of esters is 1. The molecule has 0 aliphatic rings. The van der Waals surface area contributed by atoms with Gasteiger partial charge >= 0.3 is 12.1 Å². The number of pyridine rings is 1. The molecule has 0 saturated heterocycles. The van der Waals surface area contributed by atoms with Gasteiger partial charge in [0.15, 0.2) is 0 Å². The zero-order valence-electron chi connectivity index (χ0n) is 15.4. The summed E-state index contributed by atoms with van der Waals surface area (Å²) in [6.07, 6.45) is -1.24. The Morgan fingerprint density at radius 3 is 2.80 bits per heavy atom. The van der Waals surface area contributed by atoms with Crippen LogP contribution in [0, 0.1) is 0 Å². The lowest BCUT2D eigenvalue weighted by Gasteiger charge is -2.10. The Morgan fingerprint density at radius 2 is 2.10 bits per heavy atom. The number of benzene rings is 1. The Labute approximate surface area is 166 Å². The molecule has 0 bridgehead atoms. The third-order valence-electron chi connectivity index (χ3n) is 3.94. The topological polar surface area (TPSA) is 114 Å². The number of fused-ring (bicyclic) bond motifs is 1. The molecule has 2 heterocycles. The lowest BCUT2D eigenvalue weighted by atomic mass is 10.1. The summed E-state index contributed by atoms with van der Waals surface area (Å²) in [6, 6.07) is 4.63. The van der Waals surface area contributed by atoms with E-state index in [2.05, 4.69) is 15.5 Å². The van der Waals surface area contributed by atoms with Crippen molar-refractivity contribution >= 4 is 29.0 Å². The molecule has 3 aromatic rings. The van der Waals surface area contributed by atoms with Crippen molar-refractivity contribution in [2.75, 3.05) is 0 Å². The summed E-state index contributed by atoms with van der Waals surface area (Å²) in [5.41, 5.74) is -0.121. The number of H-pyrrole nitrogens is 1. The van der Waals surface area contributed by atoms with Gasteiger partial charge in [0.1, 0.15) is 17.9 Å². The van der Waals surface area contributed by atoms with Crippen LogP contribution in [-0.4, -0.2) is 23.1 Å². The molecule has 0 saturated carbocycles. The molecule has 2 N–H and O–H groups in total. The highest BCUT2D eigenvalue weighted by molar-refractivity contribution is 5.98. The summed E-state index contributed by atoms with van der Waals surface area (Å²) in [4.78, 5) is 37.8. The number of alkyl halides is 3. The Hall–Kier alpha value is -3.89. The molecular formula is C19H14F3N3O5. The van der Waals surface area contributed by atoms with E-state index in [0.717, 1.165) is 18.3 Å². The fourth-order valence-electron chi connectivity index (χ4n) is 2.60. The number of para-hydroxylation sites is 1. The van der Waals surface area contributed by atoms with Crippen molar-refractivity contribution in [2.24, 2.45) is 5.10 Å². The maximum atomic E-state index is 13.1. The summed E-state index contributed by atoms with van der Waals surface area (Å²) >= 11 is 0. The third kappa shape index (κ3) is 4.57. The summed E-state index contributed by atoms with van der Waals surface area (Å²) in [5, 5.41) is 3.41. The maximum Gasteiger partial charge on any atom is 0.418 e. The summed E-state index contributed by atoms with van der Waals surface area (Å²) in [5.74, 6) is -1.03. The highest BCUT2D eigenvalue weighted by atomic mass is 19.4. The fourth-order valence-corrected chi connectivity index (χ4v) is 2.60. The number of halogens is 3. The molecule has 0 radical (unpaired) electrons. The van der Waals surface area contributed by atoms with Crippen LogP contribution in [0.1, 0.15) is 34.2 Å². The van der Waals surface area contributed by atoms with Crippen LogP contribution < -0.4 is 10.9 Å². The summed E-state index contributed by atoms with van der Waals surface area (Å²) in [7, 11) is 0. The molecule has 8 nitrogen and oxygen atoms in total. The number of hydrogen-bond donors (Lipinski definition) is 2. The van der Waals surface area contributed by atoms with E-state index in [-0.39, 0.29) is 12.0 Å². The van der Waals surface area contributed by atoms with E-state index in [9.17, 15) is 27.6 Å². The first-order valence-corrected chi connectivity index (χ1v) is 8.42. The molecule has 1 aromatic carbocycles. The number of nitrogens with zero attached hydrogens (tertiary/aromatic N) is 1. The Kier molecular flexibility index (Phi) is 5.72. The van der Waals surface area contributed by atoms with Crippen molar-refractivity contribution in [3.05, 3.63) is 69.4 Å². The molecule has 0 aliphatic carbocycles. The number of aromatic amines is 1. The van der Waals surface area contributed by atoms with Gasteiger partial charge in [-0.25, -0.2) is 5.43 Å². The Bertz CT molecular complexity index is 1190. The van der Waals surface area contributed by atoms with Crippen molar-refractivity contribution in [1.29, 1.82) is 0 Å². The predicted molar refractivity (Wildman–Crippen MR) is 98.8 cm³/mol. The van der Waals surface area contributed by atoms with Crippen molar-refractivity contribution in [1.82, 2.24) is 10.4 Å². The standard InChI is InChI=1S/C19H14F3N3O5/c1-10(26)29-9-12-5-11(8-30-12)6-24-25-18(28)14-7-23-16-13(17(14)27)3-2-4-15(16)19(20,21)22/h2-8H,9H2,1H3,(H,23,27)(H,25,28)/b24-6-. The number of rotatable bonds is 5. The quantitative estimate of drug-likeness (QED) is 0.374. The van der Waals surface area contributed by atoms with Gasteiger partial charge in [0, 0.05) is 24.1 Å². The van der Waals surface area contributed by atoms with E-state index >= 15 is 0 Å². The van der Waals surface area contributed by atoms with Gasteiger partial charge in [-0.05, 0) is 18.2 Å². The SMILES string of the molecule is CC(=O)OCc1cc(/C=N\NC(=O)c2c[nH]c3c(C(F)(F)F)cccc3c2=O)co1. The monoisotopic (exact) mass is 421 g/mol. The zero-order chi connectivity index (χ0) is 21.9. The molecule has 0 spiro atoms. The fraction of sp³-hybridized carbons (Fsp3) is 0.158. The number of hydrazone groups is 1. The first-order valence-electron chi connectivity index (χ1n) is 8.42. The van der Waals surface area contributed by atoms with E-state index in [1.54, 1.807) is 0 Å².